The number of fused-ring (bicyclic) bond motifs is 6. The number of halogens is 6. The van der Waals surface area contributed by atoms with E-state index in [1.165, 1.54) is 6.07 Å². The number of rotatable bonds is 8. The second-order valence-electron chi connectivity index (χ2n) is 21.4. The molecular formula is C73H49F6N3. The fraction of sp³-hybridized carbons (Fsp3) is 0.0822. The number of alkyl halides is 6. The lowest BCUT2D eigenvalue weighted by Crippen LogP contribution is -2.14. The monoisotopic (exact) mass is 1080 g/mol. The van der Waals surface area contributed by atoms with Gasteiger partial charge in [0.2, 0.25) is 0 Å². The van der Waals surface area contributed by atoms with Crippen LogP contribution in [0.1, 0.15) is 38.9 Å². The van der Waals surface area contributed by atoms with Crippen LogP contribution in [0.15, 0.2) is 224 Å². The Morgan fingerprint density at radius 2 is 0.683 bits per heavy atom. The third-order valence-electron chi connectivity index (χ3n) is 15.9. The number of aromatic nitrogens is 2. The van der Waals surface area contributed by atoms with Crippen molar-refractivity contribution in [1.82, 2.24) is 9.13 Å². The quantitative estimate of drug-likeness (QED) is 0.140. The van der Waals surface area contributed by atoms with Crippen LogP contribution in [-0.2, 0) is 12.4 Å². The van der Waals surface area contributed by atoms with Crippen molar-refractivity contribution in [3.05, 3.63) is 263 Å². The van der Waals surface area contributed by atoms with Crippen LogP contribution >= 0.6 is 0 Å². The lowest BCUT2D eigenvalue weighted by atomic mass is 9.86. The fourth-order valence-corrected chi connectivity index (χ4v) is 11.7. The smallest absolute Gasteiger partial charge is 0.309 e. The van der Waals surface area contributed by atoms with Gasteiger partial charge in [0.1, 0.15) is 0 Å². The molecule has 0 aliphatic rings. The Labute approximate surface area is 469 Å². The zero-order chi connectivity index (χ0) is 56.8. The van der Waals surface area contributed by atoms with Crippen molar-refractivity contribution >= 4 is 43.6 Å². The minimum Gasteiger partial charge on any atom is -0.309 e. The normalized spacial score (nSPS) is 12.0. The molecule has 3 nitrogen and oxygen atoms in total. The van der Waals surface area contributed by atoms with Gasteiger partial charge in [0, 0.05) is 38.4 Å². The highest BCUT2D eigenvalue weighted by molar-refractivity contribution is 6.14. The van der Waals surface area contributed by atoms with Crippen molar-refractivity contribution in [2.24, 2.45) is 0 Å². The van der Waals surface area contributed by atoms with E-state index in [2.05, 4.69) is 127 Å². The highest BCUT2D eigenvalue weighted by atomic mass is 19.4. The lowest BCUT2D eigenvalue weighted by molar-refractivity contribution is -0.142. The molecule has 13 rings (SSSR count). The van der Waals surface area contributed by atoms with Gasteiger partial charge in [-0.05, 0) is 174 Å². The minimum absolute atomic E-state index is 0.0527. The molecule has 2 heterocycles. The third-order valence-corrected chi connectivity index (χ3v) is 15.9. The van der Waals surface area contributed by atoms with E-state index in [0.29, 0.717) is 23.5 Å². The minimum atomic E-state index is -5.20. The number of aryl methyl sites for hydroxylation is 4. The fourth-order valence-electron chi connectivity index (χ4n) is 11.7. The number of nitriles is 1. The Hall–Kier alpha value is -9.91. The molecule has 82 heavy (non-hydrogen) atoms. The molecule has 0 radical (unpaired) electrons. The topological polar surface area (TPSA) is 33.6 Å². The van der Waals surface area contributed by atoms with Gasteiger partial charge in [-0.1, -0.05) is 156 Å². The summed E-state index contributed by atoms with van der Waals surface area (Å²) < 4.78 is 97.3. The second kappa shape index (κ2) is 19.7. The second-order valence-corrected chi connectivity index (χ2v) is 21.4. The molecule has 0 aliphatic carbocycles. The van der Waals surface area contributed by atoms with Gasteiger partial charge in [0.25, 0.3) is 0 Å². The van der Waals surface area contributed by atoms with Crippen molar-refractivity contribution in [3.8, 4) is 84.2 Å². The van der Waals surface area contributed by atoms with Crippen molar-refractivity contribution < 1.29 is 26.3 Å². The van der Waals surface area contributed by atoms with E-state index in [0.717, 1.165) is 116 Å². The van der Waals surface area contributed by atoms with E-state index in [9.17, 15) is 5.26 Å². The lowest BCUT2D eigenvalue weighted by Gasteiger charge is -2.23. The molecule has 0 aliphatic heterocycles. The number of hydrogen-bond acceptors (Lipinski definition) is 1. The molecule has 9 heteroatoms. The van der Waals surface area contributed by atoms with E-state index in [1.54, 1.807) is 30.3 Å². The molecular weight excluding hydrogens is 1030 g/mol. The summed E-state index contributed by atoms with van der Waals surface area (Å²) in [6.07, 6.45) is -10.4. The molecule has 398 valence electrons. The molecule has 0 saturated heterocycles. The van der Waals surface area contributed by atoms with Crippen LogP contribution in [0.4, 0.5) is 26.3 Å². The summed E-state index contributed by atoms with van der Waals surface area (Å²) >= 11 is 0. The van der Waals surface area contributed by atoms with E-state index >= 15 is 26.3 Å². The average molecular weight is 1080 g/mol. The highest BCUT2D eigenvalue weighted by Crippen LogP contribution is 2.50. The number of nitrogens with zero attached hydrogens (tertiary/aromatic N) is 3. The predicted molar refractivity (Wildman–Crippen MR) is 321 cm³/mol. The van der Waals surface area contributed by atoms with Crippen LogP contribution in [0.25, 0.3) is 122 Å². The standard InChI is InChI=1S/C73H49F6N3/c1-43-8-17-48(18-9-43)52-25-32-66-60(37-52)61-38-53(49-19-10-44(2)11-20-49)26-33-67(61)81(66)56-29-30-57(71-64(72(74,75)76)6-5-7-65(71)73(77,78)79)58(41-56)59-36-47(42-80)16-31-68(59)82-69-34-27-54(50-21-12-45(3)13-22-50)39-62(69)63-40-55(28-35-70(63)82)51-23-14-46(4)15-24-51/h5-41H,1-4H3. The molecule has 0 bridgehead atoms. The summed E-state index contributed by atoms with van der Waals surface area (Å²) in [4.78, 5) is 0. The van der Waals surface area contributed by atoms with Gasteiger partial charge in [-0.15, -0.1) is 0 Å². The SMILES string of the molecule is Cc1ccc(-c2ccc3c(c2)c2cc(-c4ccc(C)cc4)ccc2n3-c2ccc(-c3c(C(F)(F)F)cccc3C(F)(F)F)c(-c3cc(C#N)ccc3-n3c4ccc(-c5ccc(C)cc5)cc4c4cc(-c5ccc(C)cc5)ccc43)c2)cc1. The van der Waals surface area contributed by atoms with Crippen LogP contribution in [-0.4, -0.2) is 9.13 Å². The van der Waals surface area contributed by atoms with Gasteiger partial charge in [-0.25, -0.2) is 0 Å². The van der Waals surface area contributed by atoms with Gasteiger partial charge in [0.15, 0.2) is 0 Å². The number of benzene rings is 11. The Bertz CT molecular complexity index is 4490. The van der Waals surface area contributed by atoms with Gasteiger partial charge in [-0.2, -0.15) is 31.6 Å². The maximum atomic E-state index is 15.5. The molecule has 0 amide bonds. The van der Waals surface area contributed by atoms with E-state index in [-0.39, 0.29) is 22.3 Å². The largest absolute Gasteiger partial charge is 0.417 e. The van der Waals surface area contributed by atoms with Crippen LogP contribution < -0.4 is 0 Å². The summed E-state index contributed by atoms with van der Waals surface area (Å²) in [5, 5.41) is 14.2. The molecule has 0 atom stereocenters. The first-order valence-corrected chi connectivity index (χ1v) is 26.9. The maximum absolute atomic E-state index is 15.5. The van der Waals surface area contributed by atoms with Crippen molar-refractivity contribution in [2.75, 3.05) is 0 Å². The molecule has 13 aromatic rings. The van der Waals surface area contributed by atoms with E-state index in [4.69, 9.17) is 0 Å². The number of hydrogen-bond donors (Lipinski definition) is 0. The van der Waals surface area contributed by atoms with Crippen molar-refractivity contribution in [1.29, 1.82) is 5.26 Å². The van der Waals surface area contributed by atoms with Gasteiger partial charge < -0.3 is 9.13 Å². The van der Waals surface area contributed by atoms with Crippen LogP contribution in [0, 0.1) is 39.0 Å². The van der Waals surface area contributed by atoms with E-state index < -0.39 is 29.0 Å². The zero-order valence-electron chi connectivity index (χ0n) is 45.0. The Balaban J connectivity index is 1.13. The summed E-state index contributed by atoms with van der Waals surface area (Å²) in [5.41, 5.74) is 12.4. The Morgan fingerprint density at radius 1 is 0.329 bits per heavy atom. The van der Waals surface area contributed by atoms with Gasteiger partial charge >= 0.3 is 12.4 Å². The third kappa shape index (κ3) is 9.07. The van der Waals surface area contributed by atoms with Crippen LogP contribution in [0.2, 0.25) is 0 Å². The summed E-state index contributed by atoms with van der Waals surface area (Å²) in [6.45, 7) is 8.13. The Kier molecular flexibility index (Phi) is 12.4. The zero-order valence-corrected chi connectivity index (χ0v) is 45.0. The first kappa shape index (κ1) is 51.5. The summed E-state index contributed by atoms with van der Waals surface area (Å²) in [6, 6.07) is 71.7. The van der Waals surface area contributed by atoms with Crippen molar-refractivity contribution in [2.45, 2.75) is 40.0 Å². The van der Waals surface area contributed by atoms with E-state index in [1.807, 2.05) is 85.4 Å². The molecule has 0 spiro atoms. The first-order valence-electron chi connectivity index (χ1n) is 26.9. The molecule has 0 N–H and O–H groups in total. The Morgan fingerprint density at radius 3 is 1.04 bits per heavy atom. The first-order chi connectivity index (χ1) is 39.5. The van der Waals surface area contributed by atoms with Crippen molar-refractivity contribution in [3.63, 3.8) is 0 Å². The highest BCUT2D eigenvalue weighted by Gasteiger charge is 2.42. The van der Waals surface area contributed by atoms with Gasteiger partial charge in [-0.3, -0.25) is 0 Å². The van der Waals surface area contributed by atoms with Crippen LogP contribution in [0.5, 0.6) is 0 Å². The molecule has 11 aromatic carbocycles. The summed E-state index contributed by atoms with van der Waals surface area (Å²) in [7, 11) is 0. The average Bonchev–Trinajstić information content (AvgIpc) is 3.48. The maximum Gasteiger partial charge on any atom is 0.417 e. The van der Waals surface area contributed by atoms with Gasteiger partial charge in [0.05, 0.1) is 50.5 Å². The molecule has 0 saturated carbocycles. The molecule has 0 fully saturated rings. The summed E-state index contributed by atoms with van der Waals surface area (Å²) in [5.74, 6) is 0. The van der Waals surface area contributed by atoms with Crippen LogP contribution in [0.3, 0.4) is 0 Å². The predicted octanol–water partition coefficient (Wildman–Crippen LogP) is 21.0. The molecule has 0 unspecified atom stereocenters. The molecule has 2 aromatic heterocycles.